The summed E-state index contributed by atoms with van der Waals surface area (Å²) in [5.74, 6) is 0. The maximum absolute atomic E-state index is 3.20. The van der Waals surface area contributed by atoms with Crippen LogP contribution in [-0.2, 0) is 0 Å². The highest BCUT2D eigenvalue weighted by molar-refractivity contribution is 7.77. The Morgan fingerprint density at radius 1 is 0.737 bits per heavy atom. The van der Waals surface area contributed by atoms with E-state index in [1.54, 1.807) is 0 Å². The van der Waals surface area contributed by atoms with Gasteiger partial charge in [-0.2, -0.15) is 0 Å². The summed E-state index contributed by atoms with van der Waals surface area (Å²) in [5, 5.41) is 4.10. The molecule has 0 aliphatic heterocycles. The molecule has 3 rings (SSSR count). The molecule has 0 saturated heterocycles. The van der Waals surface area contributed by atoms with Crippen molar-refractivity contribution in [1.29, 1.82) is 0 Å². The third kappa shape index (κ3) is 2.71. The number of hydrogen-bond acceptors (Lipinski definition) is 0. The summed E-state index contributed by atoms with van der Waals surface area (Å²) >= 11 is 0. The molecule has 2 aromatic carbocycles. The molecule has 0 amide bonds. The van der Waals surface area contributed by atoms with E-state index in [9.17, 15) is 0 Å². The standard InChI is InChI=1S/C18H14P/c1-4-10-16(11-5-1)19(17-12-6-2-7-13-17)18-14-8-3-9-15-18/h1-8,10-15H/q+1. The molecule has 0 nitrogen and oxygen atoms in total. The third-order valence-corrected chi connectivity index (χ3v) is 5.40. The highest BCUT2D eigenvalue weighted by Crippen LogP contribution is 2.43. The molecule has 0 saturated carbocycles. The molecule has 1 aliphatic carbocycles. The Morgan fingerprint density at radius 2 is 1.32 bits per heavy atom. The van der Waals surface area contributed by atoms with Crippen LogP contribution in [-0.4, -0.2) is 0 Å². The van der Waals surface area contributed by atoms with E-state index in [1.165, 1.54) is 15.9 Å². The van der Waals surface area contributed by atoms with Gasteiger partial charge in [-0.05, 0) is 10.6 Å². The second-order valence-electron chi connectivity index (χ2n) is 4.27. The Balaban J connectivity index is 2.09. The first-order valence-corrected chi connectivity index (χ1v) is 7.66. The molecule has 2 aromatic rings. The first kappa shape index (κ1) is 12.1. The molecule has 19 heavy (non-hydrogen) atoms. The third-order valence-electron chi connectivity index (χ3n) is 2.98. The lowest BCUT2D eigenvalue weighted by molar-refractivity contribution is 1.69. The normalized spacial score (nSPS) is 13.2. The lowest BCUT2D eigenvalue weighted by atomic mass is 10.3. The van der Waals surface area contributed by atoms with E-state index in [2.05, 4.69) is 85.0 Å². The van der Waals surface area contributed by atoms with Crippen molar-refractivity contribution >= 4 is 18.5 Å². The van der Waals surface area contributed by atoms with E-state index >= 15 is 0 Å². The molecule has 90 valence electrons. The Labute approximate surface area is 115 Å². The van der Waals surface area contributed by atoms with Gasteiger partial charge in [-0.1, -0.05) is 60.7 Å². The van der Waals surface area contributed by atoms with E-state index in [0.29, 0.717) is 0 Å². The van der Waals surface area contributed by atoms with Crippen LogP contribution < -0.4 is 10.6 Å². The van der Waals surface area contributed by atoms with Gasteiger partial charge in [0.15, 0.2) is 0 Å². The zero-order valence-corrected chi connectivity index (χ0v) is 11.4. The van der Waals surface area contributed by atoms with E-state index in [-0.39, 0.29) is 0 Å². The average molecular weight is 261 g/mol. The highest BCUT2D eigenvalue weighted by Gasteiger charge is 2.22. The van der Waals surface area contributed by atoms with Crippen molar-refractivity contribution in [3.63, 3.8) is 0 Å². The predicted octanol–water partition coefficient (Wildman–Crippen LogP) is 3.93. The SMILES string of the molecule is [C+]1=CC(P(c2ccccc2)c2ccccc2)=CC=C1. The van der Waals surface area contributed by atoms with E-state index in [0.717, 1.165) is 0 Å². The minimum Gasteiger partial charge on any atom is -0.0622 e. The minimum absolute atomic E-state index is 0.477. The first-order chi connectivity index (χ1) is 9.45. The Bertz CT molecular complexity index is 582. The molecule has 0 unspecified atom stereocenters. The zero-order chi connectivity index (χ0) is 12.9. The number of benzene rings is 2. The lowest BCUT2D eigenvalue weighted by Gasteiger charge is -2.15. The van der Waals surface area contributed by atoms with E-state index in [4.69, 9.17) is 0 Å². The fourth-order valence-corrected chi connectivity index (χ4v) is 4.40. The van der Waals surface area contributed by atoms with Gasteiger partial charge in [0.25, 0.3) is 0 Å². The molecule has 0 heterocycles. The maximum atomic E-state index is 3.20. The summed E-state index contributed by atoms with van der Waals surface area (Å²) in [4.78, 5) is 0. The molecule has 0 radical (unpaired) electrons. The highest BCUT2D eigenvalue weighted by atomic mass is 31.1. The van der Waals surface area contributed by atoms with Gasteiger partial charge >= 0.3 is 0 Å². The van der Waals surface area contributed by atoms with E-state index < -0.39 is 7.92 Å². The average Bonchev–Trinajstić information content (AvgIpc) is 2.51. The van der Waals surface area contributed by atoms with Crippen LogP contribution >= 0.6 is 7.92 Å². The fraction of sp³-hybridized carbons (Fsp3) is 0. The quantitative estimate of drug-likeness (QED) is 0.580. The summed E-state index contributed by atoms with van der Waals surface area (Å²) in [7, 11) is -0.477. The molecule has 0 spiro atoms. The van der Waals surface area contributed by atoms with Crippen molar-refractivity contribution in [2.45, 2.75) is 0 Å². The summed E-state index contributed by atoms with van der Waals surface area (Å²) in [5.41, 5.74) is 0. The molecular formula is C18H14P+. The van der Waals surface area contributed by atoms with Gasteiger partial charge in [0.1, 0.15) is 12.2 Å². The maximum Gasteiger partial charge on any atom is 0.110 e. The van der Waals surface area contributed by atoms with Crippen molar-refractivity contribution in [1.82, 2.24) is 0 Å². The molecular weight excluding hydrogens is 247 g/mol. The van der Waals surface area contributed by atoms with Gasteiger partial charge < -0.3 is 0 Å². The van der Waals surface area contributed by atoms with Crippen molar-refractivity contribution < 1.29 is 0 Å². The predicted molar refractivity (Wildman–Crippen MR) is 84.1 cm³/mol. The van der Waals surface area contributed by atoms with Gasteiger partial charge in [0.05, 0.1) is 19.3 Å². The summed E-state index contributed by atoms with van der Waals surface area (Å²) in [6.07, 6.45) is 11.5. The minimum atomic E-state index is -0.477. The van der Waals surface area contributed by atoms with Crippen LogP contribution in [0.5, 0.6) is 0 Å². The molecule has 0 atom stereocenters. The van der Waals surface area contributed by atoms with Crippen LogP contribution in [0.25, 0.3) is 0 Å². The Hall–Kier alpha value is -2.00. The molecule has 0 aromatic heterocycles. The van der Waals surface area contributed by atoms with Gasteiger partial charge in [0, 0.05) is 12.2 Å². The van der Waals surface area contributed by atoms with Gasteiger partial charge in [-0.25, -0.2) is 0 Å². The van der Waals surface area contributed by atoms with Crippen LogP contribution in [0.3, 0.4) is 0 Å². The number of hydrogen-bond donors (Lipinski definition) is 0. The van der Waals surface area contributed by atoms with Gasteiger partial charge in [0.2, 0.25) is 0 Å². The Kier molecular flexibility index (Phi) is 3.65. The van der Waals surface area contributed by atoms with Crippen LogP contribution in [0.15, 0.2) is 90.3 Å². The van der Waals surface area contributed by atoms with Gasteiger partial charge in [-0.15, -0.1) is 0 Å². The monoisotopic (exact) mass is 261 g/mol. The van der Waals surface area contributed by atoms with Crippen molar-refractivity contribution in [2.75, 3.05) is 0 Å². The summed E-state index contributed by atoms with van der Waals surface area (Å²) in [6, 6.07) is 21.4. The smallest absolute Gasteiger partial charge is 0.0622 e. The fourth-order valence-electron chi connectivity index (χ4n) is 2.12. The largest absolute Gasteiger partial charge is 0.110 e. The van der Waals surface area contributed by atoms with Crippen LogP contribution in [0.2, 0.25) is 0 Å². The van der Waals surface area contributed by atoms with E-state index in [1.807, 2.05) is 6.08 Å². The number of allylic oxidation sites excluding steroid dienone is 6. The van der Waals surface area contributed by atoms with Crippen molar-refractivity contribution in [3.8, 4) is 0 Å². The molecule has 1 aliphatic rings. The van der Waals surface area contributed by atoms with Crippen molar-refractivity contribution in [2.24, 2.45) is 0 Å². The topological polar surface area (TPSA) is 0 Å². The first-order valence-electron chi connectivity index (χ1n) is 6.31. The lowest BCUT2D eigenvalue weighted by Crippen LogP contribution is -2.12. The van der Waals surface area contributed by atoms with Crippen LogP contribution in [0, 0.1) is 6.08 Å². The summed E-state index contributed by atoms with van der Waals surface area (Å²) in [6.45, 7) is 0. The Morgan fingerprint density at radius 3 is 1.79 bits per heavy atom. The summed E-state index contributed by atoms with van der Waals surface area (Å²) < 4.78 is 0. The van der Waals surface area contributed by atoms with Crippen molar-refractivity contribution in [3.05, 3.63) is 96.4 Å². The second-order valence-corrected chi connectivity index (χ2v) is 6.49. The van der Waals surface area contributed by atoms with Crippen LogP contribution in [0.1, 0.15) is 0 Å². The molecule has 1 heteroatoms. The van der Waals surface area contributed by atoms with Crippen LogP contribution in [0.4, 0.5) is 0 Å². The second kappa shape index (κ2) is 5.76. The van der Waals surface area contributed by atoms with Gasteiger partial charge in [-0.3, -0.25) is 0 Å². The molecule has 0 N–H and O–H groups in total. The zero-order valence-electron chi connectivity index (χ0n) is 10.5. The molecule has 0 fully saturated rings. The number of rotatable bonds is 3. The molecule has 0 bridgehead atoms.